The number of hydrogen-bond acceptors (Lipinski definition) is 2. The van der Waals surface area contributed by atoms with E-state index in [-0.39, 0.29) is 11.3 Å². The molecule has 5 heteroatoms. The van der Waals surface area contributed by atoms with Gasteiger partial charge in [-0.1, -0.05) is 18.2 Å². The summed E-state index contributed by atoms with van der Waals surface area (Å²) >= 11 is 0. The molecule has 0 bridgehead atoms. The van der Waals surface area contributed by atoms with Crippen LogP contribution in [-0.2, 0) is 11.2 Å². The Morgan fingerprint density at radius 1 is 1.22 bits per heavy atom. The Morgan fingerprint density at radius 3 is 2.61 bits per heavy atom. The molecule has 0 fully saturated rings. The van der Waals surface area contributed by atoms with Crippen molar-refractivity contribution in [2.45, 2.75) is 6.42 Å². The van der Waals surface area contributed by atoms with Crippen molar-refractivity contribution in [2.24, 2.45) is 0 Å². The molecule has 1 N–H and O–H groups in total. The van der Waals surface area contributed by atoms with Gasteiger partial charge < -0.3 is 5.11 Å². The van der Waals surface area contributed by atoms with Gasteiger partial charge in [-0.15, -0.1) is 0 Å². The lowest BCUT2D eigenvalue weighted by molar-refractivity contribution is -0.136. The second-order valence-electron chi connectivity index (χ2n) is 3.73. The summed E-state index contributed by atoms with van der Waals surface area (Å²) in [5, 5.41) is 8.57. The normalized spacial score (nSPS) is 10.3. The van der Waals surface area contributed by atoms with Gasteiger partial charge in [0.25, 0.3) is 0 Å². The lowest BCUT2D eigenvalue weighted by atomic mass is 10.1. The van der Waals surface area contributed by atoms with Crippen LogP contribution < -0.4 is 0 Å². The zero-order valence-electron chi connectivity index (χ0n) is 9.23. The van der Waals surface area contributed by atoms with E-state index in [9.17, 15) is 13.6 Å². The molecule has 1 aromatic heterocycles. The summed E-state index contributed by atoms with van der Waals surface area (Å²) in [6, 6.07) is 8.42. The van der Waals surface area contributed by atoms with Crippen LogP contribution in [0.25, 0.3) is 11.3 Å². The molecular weight excluding hydrogens is 240 g/mol. The van der Waals surface area contributed by atoms with Crippen LogP contribution >= 0.6 is 0 Å². The monoisotopic (exact) mass is 249 g/mol. The van der Waals surface area contributed by atoms with Gasteiger partial charge in [-0.2, -0.15) is 4.39 Å². The molecule has 0 aliphatic heterocycles. The van der Waals surface area contributed by atoms with Crippen LogP contribution in [0.2, 0.25) is 0 Å². The third kappa shape index (κ3) is 2.68. The van der Waals surface area contributed by atoms with E-state index in [4.69, 9.17) is 5.11 Å². The topological polar surface area (TPSA) is 50.2 Å². The summed E-state index contributed by atoms with van der Waals surface area (Å²) in [5.41, 5.74) is 0.708. The minimum Gasteiger partial charge on any atom is -0.481 e. The average molecular weight is 249 g/mol. The molecule has 1 heterocycles. The SMILES string of the molecule is O=C(O)Cc1ccc(-c2cccc(F)c2)nc1F. The molecular formula is C13H9F2NO2. The zero-order chi connectivity index (χ0) is 13.1. The van der Waals surface area contributed by atoms with Gasteiger partial charge in [-0.05, 0) is 18.2 Å². The number of hydrogen-bond donors (Lipinski definition) is 1. The standard InChI is InChI=1S/C13H9F2NO2/c14-10-3-1-2-8(6-10)11-5-4-9(7-12(17)18)13(15)16-11/h1-6H,7H2,(H,17,18). The Kier molecular flexibility index (Phi) is 3.32. The fourth-order valence-corrected chi connectivity index (χ4v) is 1.57. The Labute approximate surface area is 102 Å². The fraction of sp³-hybridized carbons (Fsp3) is 0.0769. The number of carbonyl (C=O) groups is 1. The van der Waals surface area contributed by atoms with Crippen molar-refractivity contribution in [1.29, 1.82) is 0 Å². The van der Waals surface area contributed by atoms with Gasteiger partial charge in [0, 0.05) is 11.1 Å². The summed E-state index contributed by atoms with van der Waals surface area (Å²) in [5.74, 6) is -2.42. The second kappa shape index (κ2) is 4.91. The maximum atomic E-state index is 13.5. The van der Waals surface area contributed by atoms with Crippen LogP contribution in [0.15, 0.2) is 36.4 Å². The van der Waals surface area contributed by atoms with Crippen molar-refractivity contribution in [3.05, 3.63) is 53.7 Å². The van der Waals surface area contributed by atoms with E-state index >= 15 is 0 Å². The van der Waals surface area contributed by atoms with Crippen molar-refractivity contribution in [1.82, 2.24) is 4.98 Å². The zero-order valence-corrected chi connectivity index (χ0v) is 9.23. The first-order valence-corrected chi connectivity index (χ1v) is 5.19. The average Bonchev–Trinajstić information content (AvgIpc) is 2.31. The predicted molar refractivity (Wildman–Crippen MR) is 60.9 cm³/mol. The molecule has 0 aliphatic carbocycles. The van der Waals surface area contributed by atoms with Crippen LogP contribution in [0, 0.1) is 11.8 Å². The molecule has 3 nitrogen and oxygen atoms in total. The molecule has 18 heavy (non-hydrogen) atoms. The molecule has 0 saturated heterocycles. The van der Waals surface area contributed by atoms with Crippen molar-refractivity contribution in [3.8, 4) is 11.3 Å². The smallest absolute Gasteiger partial charge is 0.307 e. The quantitative estimate of drug-likeness (QED) is 0.851. The number of nitrogens with zero attached hydrogens (tertiary/aromatic N) is 1. The van der Waals surface area contributed by atoms with Crippen LogP contribution in [-0.4, -0.2) is 16.1 Å². The number of pyridine rings is 1. The largest absolute Gasteiger partial charge is 0.481 e. The minimum atomic E-state index is -1.13. The Balaban J connectivity index is 2.37. The highest BCUT2D eigenvalue weighted by molar-refractivity contribution is 5.70. The number of carboxylic acid groups (broad SMARTS) is 1. The summed E-state index contributed by atoms with van der Waals surface area (Å²) in [4.78, 5) is 14.1. The second-order valence-corrected chi connectivity index (χ2v) is 3.73. The molecule has 92 valence electrons. The first kappa shape index (κ1) is 12.2. The first-order valence-electron chi connectivity index (χ1n) is 5.19. The number of rotatable bonds is 3. The van der Waals surface area contributed by atoms with Gasteiger partial charge in [0.15, 0.2) is 0 Å². The molecule has 1 aromatic carbocycles. The van der Waals surface area contributed by atoms with Gasteiger partial charge in [0.2, 0.25) is 5.95 Å². The van der Waals surface area contributed by atoms with Crippen molar-refractivity contribution in [3.63, 3.8) is 0 Å². The van der Waals surface area contributed by atoms with E-state index in [1.807, 2.05) is 0 Å². The van der Waals surface area contributed by atoms with E-state index < -0.39 is 24.2 Å². The lowest BCUT2D eigenvalue weighted by Crippen LogP contribution is -2.04. The minimum absolute atomic E-state index is 0.00246. The third-order valence-electron chi connectivity index (χ3n) is 2.39. The Morgan fingerprint density at radius 2 is 2.00 bits per heavy atom. The Hall–Kier alpha value is -2.30. The molecule has 0 atom stereocenters. The molecule has 0 amide bonds. The molecule has 0 unspecified atom stereocenters. The molecule has 2 rings (SSSR count). The van der Waals surface area contributed by atoms with E-state index in [1.54, 1.807) is 6.07 Å². The lowest BCUT2D eigenvalue weighted by Gasteiger charge is -2.04. The summed E-state index contributed by atoms with van der Waals surface area (Å²) in [7, 11) is 0. The maximum Gasteiger partial charge on any atom is 0.307 e. The van der Waals surface area contributed by atoms with Crippen LogP contribution in [0.5, 0.6) is 0 Å². The summed E-state index contributed by atoms with van der Waals surface area (Å²) in [6.07, 6.45) is -0.428. The highest BCUT2D eigenvalue weighted by Crippen LogP contribution is 2.19. The molecule has 0 aliphatic rings. The van der Waals surface area contributed by atoms with Gasteiger partial charge in [0.1, 0.15) is 5.82 Å². The van der Waals surface area contributed by atoms with E-state index in [1.165, 1.54) is 30.3 Å². The molecule has 0 radical (unpaired) electrons. The van der Waals surface area contributed by atoms with Crippen LogP contribution in [0.3, 0.4) is 0 Å². The third-order valence-corrected chi connectivity index (χ3v) is 2.39. The predicted octanol–water partition coefficient (Wildman–Crippen LogP) is 2.65. The molecule has 0 saturated carbocycles. The van der Waals surface area contributed by atoms with E-state index in [0.29, 0.717) is 5.56 Å². The Bertz CT molecular complexity index is 599. The highest BCUT2D eigenvalue weighted by atomic mass is 19.1. The fourth-order valence-electron chi connectivity index (χ4n) is 1.57. The number of halogens is 2. The van der Waals surface area contributed by atoms with Crippen LogP contribution in [0.1, 0.15) is 5.56 Å². The van der Waals surface area contributed by atoms with Crippen molar-refractivity contribution in [2.75, 3.05) is 0 Å². The number of benzene rings is 1. The van der Waals surface area contributed by atoms with Crippen molar-refractivity contribution < 1.29 is 18.7 Å². The molecule has 0 spiro atoms. The molecule has 2 aromatic rings. The number of aliphatic carboxylic acids is 1. The van der Waals surface area contributed by atoms with E-state index in [2.05, 4.69) is 4.98 Å². The summed E-state index contributed by atoms with van der Waals surface area (Å²) in [6.45, 7) is 0. The van der Waals surface area contributed by atoms with Crippen LogP contribution in [0.4, 0.5) is 8.78 Å². The maximum absolute atomic E-state index is 13.5. The van der Waals surface area contributed by atoms with Gasteiger partial charge in [-0.3, -0.25) is 4.79 Å². The van der Waals surface area contributed by atoms with Gasteiger partial charge in [0.05, 0.1) is 12.1 Å². The summed E-state index contributed by atoms with van der Waals surface area (Å²) < 4.78 is 26.5. The first-order chi connectivity index (χ1) is 8.56. The number of carboxylic acids is 1. The van der Waals surface area contributed by atoms with E-state index in [0.717, 1.165) is 0 Å². The number of aromatic nitrogens is 1. The van der Waals surface area contributed by atoms with Gasteiger partial charge in [-0.25, -0.2) is 9.37 Å². The van der Waals surface area contributed by atoms with Gasteiger partial charge >= 0.3 is 5.97 Å². The van der Waals surface area contributed by atoms with Crippen molar-refractivity contribution >= 4 is 5.97 Å². The highest BCUT2D eigenvalue weighted by Gasteiger charge is 2.10.